The molecule has 1 saturated heterocycles. The number of benzene rings is 1. The van der Waals surface area contributed by atoms with Crippen molar-refractivity contribution < 1.29 is 19.4 Å². The highest BCUT2D eigenvalue weighted by molar-refractivity contribution is 5.94. The van der Waals surface area contributed by atoms with Gasteiger partial charge < -0.3 is 19.5 Å². The second-order valence-corrected chi connectivity index (χ2v) is 8.59. The SMILES string of the molecule is CC(C)CCN(C[C@@H]1CN(C[C@H](O)COC(C)C)CCO1)C(=O)c1ccccc1. The molecule has 0 aromatic heterocycles. The smallest absolute Gasteiger partial charge is 0.253 e. The second kappa shape index (κ2) is 12.3. The summed E-state index contributed by atoms with van der Waals surface area (Å²) in [7, 11) is 0. The van der Waals surface area contributed by atoms with Crippen molar-refractivity contribution in [3.63, 3.8) is 0 Å². The van der Waals surface area contributed by atoms with E-state index < -0.39 is 6.10 Å². The molecule has 2 atom stereocenters. The normalized spacial score (nSPS) is 18.9. The van der Waals surface area contributed by atoms with Crippen molar-refractivity contribution in [2.24, 2.45) is 5.92 Å². The lowest BCUT2D eigenvalue weighted by atomic mass is 10.1. The molecule has 6 nitrogen and oxygen atoms in total. The van der Waals surface area contributed by atoms with Gasteiger partial charge in [-0.1, -0.05) is 32.0 Å². The molecule has 1 heterocycles. The summed E-state index contributed by atoms with van der Waals surface area (Å²) in [6, 6.07) is 9.44. The van der Waals surface area contributed by atoms with Crippen LogP contribution in [0.2, 0.25) is 0 Å². The molecule has 164 valence electrons. The van der Waals surface area contributed by atoms with E-state index in [-0.39, 0.29) is 18.1 Å². The lowest BCUT2D eigenvalue weighted by Gasteiger charge is -2.36. The zero-order chi connectivity index (χ0) is 21.2. The van der Waals surface area contributed by atoms with Crippen LogP contribution >= 0.6 is 0 Å². The fourth-order valence-corrected chi connectivity index (χ4v) is 3.41. The first-order chi connectivity index (χ1) is 13.8. The summed E-state index contributed by atoms with van der Waals surface area (Å²) < 4.78 is 11.5. The van der Waals surface area contributed by atoms with Gasteiger partial charge in [-0.3, -0.25) is 9.69 Å². The average molecular weight is 407 g/mol. The van der Waals surface area contributed by atoms with Crippen molar-refractivity contribution >= 4 is 5.91 Å². The predicted molar refractivity (Wildman–Crippen MR) is 115 cm³/mol. The van der Waals surface area contributed by atoms with Gasteiger partial charge in [-0.2, -0.15) is 0 Å². The summed E-state index contributed by atoms with van der Waals surface area (Å²) in [6.45, 7) is 12.6. The highest BCUT2D eigenvalue weighted by Crippen LogP contribution is 2.13. The maximum absolute atomic E-state index is 13.0. The number of ether oxygens (including phenoxy) is 2. The first kappa shape index (κ1) is 23.8. The third-order valence-electron chi connectivity index (χ3n) is 5.02. The number of amides is 1. The van der Waals surface area contributed by atoms with Crippen LogP contribution in [0.25, 0.3) is 0 Å². The molecule has 0 aliphatic carbocycles. The van der Waals surface area contributed by atoms with E-state index in [0.717, 1.165) is 19.5 Å². The van der Waals surface area contributed by atoms with Crippen LogP contribution < -0.4 is 0 Å². The van der Waals surface area contributed by atoms with Gasteiger partial charge in [0.25, 0.3) is 5.91 Å². The lowest BCUT2D eigenvalue weighted by molar-refractivity contribution is -0.0628. The Hall–Kier alpha value is -1.47. The van der Waals surface area contributed by atoms with Crippen molar-refractivity contribution in [2.75, 3.05) is 45.9 Å². The van der Waals surface area contributed by atoms with Crippen LogP contribution in [0.15, 0.2) is 30.3 Å². The Morgan fingerprint density at radius 3 is 2.66 bits per heavy atom. The Morgan fingerprint density at radius 2 is 2.00 bits per heavy atom. The molecule has 29 heavy (non-hydrogen) atoms. The van der Waals surface area contributed by atoms with E-state index in [1.165, 1.54) is 0 Å². The number of morpholine rings is 1. The molecule has 1 aromatic carbocycles. The second-order valence-electron chi connectivity index (χ2n) is 8.59. The molecule has 0 radical (unpaired) electrons. The van der Waals surface area contributed by atoms with Crippen molar-refractivity contribution in [2.45, 2.75) is 52.4 Å². The Morgan fingerprint density at radius 1 is 1.28 bits per heavy atom. The number of carbonyl (C=O) groups is 1. The van der Waals surface area contributed by atoms with Crippen LogP contribution in [0.3, 0.4) is 0 Å². The molecule has 0 unspecified atom stereocenters. The maximum Gasteiger partial charge on any atom is 0.253 e. The van der Waals surface area contributed by atoms with E-state index in [9.17, 15) is 9.90 Å². The average Bonchev–Trinajstić information content (AvgIpc) is 2.70. The molecule has 0 saturated carbocycles. The predicted octanol–water partition coefficient (Wildman–Crippen LogP) is 2.66. The van der Waals surface area contributed by atoms with Gasteiger partial charge in [-0.05, 0) is 38.3 Å². The quantitative estimate of drug-likeness (QED) is 0.612. The summed E-state index contributed by atoms with van der Waals surface area (Å²) in [4.78, 5) is 17.2. The van der Waals surface area contributed by atoms with Gasteiger partial charge in [0.1, 0.15) is 0 Å². The fraction of sp³-hybridized carbons (Fsp3) is 0.696. The Bertz CT molecular complexity index is 594. The summed E-state index contributed by atoms with van der Waals surface area (Å²) in [5.74, 6) is 0.582. The molecule has 1 aliphatic heterocycles. The number of β-amino-alcohol motifs (C(OH)–C–C–N with tert-alkyl or cyclic N) is 1. The molecule has 1 amide bonds. The number of aliphatic hydroxyl groups is 1. The number of hydrogen-bond acceptors (Lipinski definition) is 5. The summed E-state index contributed by atoms with van der Waals surface area (Å²) >= 11 is 0. The summed E-state index contributed by atoms with van der Waals surface area (Å²) in [5, 5.41) is 10.2. The third-order valence-corrected chi connectivity index (χ3v) is 5.02. The van der Waals surface area contributed by atoms with Gasteiger partial charge in [0.2, 0.25) is 0 Å². The largest absolute Gasteiger partial charge is 0.389 e. The number of nitrogens with zero attached hydrogens (tertiary/aromatic N) is 2. The van der Waals surface area contributed by atoms with Gasteiger partial charge in [-0.15, -0.1) is 0 Å². The molecule has 1 N–H and O–H groups in total. The topological polar surface area (TPSA) is 62.2 Å². The molecule has 1 aromatic rings. The third kappa shape index (κ3) is 8.83. The van der Waals surface area contributed by atoms with E-state index in [1.54, 1.807) is 0 Å². The van der Waals surface area contributed by atoms with Gasteiger partial charge in [0, 0.05) is 38.3 Å². The molecular weight excluding hydrogens is 368 g/mol. The maximum atomic E-state index is 13.0. The van der Waals surface area contributed by atoms with E-state index in [4.69, 9.17) is 9.47 Å². The number of rotatable bonds is 11. The van der Waals surface area contributed by atoms with Crippen LogP contribution in [0.5, 0.6) is 0 Å². The zero-order valence-electron chi connectivity index (χ0n) is 18.4. The van der Waals surface area contributed by atoms with Crippen LogP contribution in [0, 0.1) is 5.92 Å². The first-order valence-corrected chi connectivity index (χ1v) is 10.8. The minimum Gasteiger partial charge on any atom is -0.389 e. The number of aliphatic hydroxyl groups excluding tert-OH is 1. The molecule has 0 spiro atoms. The van der Waals surface area contributed by atoms with Crippen molar-refractivity contribution in [1.29, 1.82) is 0 Å². The highest BCUT2D eigenvalue weighted by atomic mass is 16.5. The van der Waals surface area contributed by atoms with E-state index in [0.29, 0.717) is 44.3 Å². The van der Waals surface area contributed by atoms with Crippen LogP contribution in [0.1, 0.15) is 44.5 Å². The van der Waals surface area contributed by atoms with Gasteiger partial charge >= 0.3 is 0 Å². The molecule has 1 aliphatic rings. The Balaban J connectivity index is 1.93. The van der Waals surface area contributed by atoms with Crippen molar-refractivity contribution in [3.05, 3.63) is 35.9 Å². The van der Waals surface area contributed by atoms with E-state index >= 15 is 0 Å². The van der Waals surface area contributed by atoms with Gasteiger partial charge in [0.15, 0.2) is 0 Å². The van der Waals surface area contributed by atoms with E-state index in [1.807, 2.05) is 49.1 Å². The molecule has 1 fully saturated rings. The number of hydrogen-bond donors (Lipinski definition) is 1. The monoisotopic (exact) mass is 406 g/mol. The fourth-order valence-electron chi connectivity index (χ4n) is 3.41. The lowest BCUT2D eigenvalue weighted by Crippen LogP contribution is -2.51. The highest BCUT2D eigenvalue weighted by Gasteiger charge is 2.26. The number of carbonyl (C=O) groups excluding carboxylic acids is 1. The van der Waals surface area contributed by atoms with Gasteiger partial charge in [-0.25, -0.2) is 0 Å². The zero-order valence-corrected chi connectivity index (χ0v) is 18.4. The van der Waals surface area contributed by atoms with Crippen molar-refractivity contribution in [3.8, 4) is 0 Å². The first-order valence-electron chi connectivity index (χ1n) is 10.8. The van der Waals surface area contributed by atoms with Crippen LogP contribution in [-0.4, -0.2) is 85.1 Å². The Labute approximate surface area is 175 Å². The van der Waals surface area contributed by atoms with E-state index in [2.05, 4.69) is 18.7 Å². The molecule has 2 rings (SSSR count). The molecule has 0 bridgehead atoms. The minimum absolute atomic E-state index is 0.0531. The summed E-state index contributed by atoms with van der Waals surface area (Å²) in [5.41, 5.74) is 0.713. The van der Waals surface area contributed by atoms with Gasteiger partial charge in [0.05, 0.1) is 31.5 Å². The molecule has 6 heteroatoms. The van der Waals surface area contributed by atoms with Crippen molar-refractivity contribution in [1.82, 2.24) is 9.80 Å². The van der Waals surface area contributed by atoms with Crippen LogP contribution in [-0.2, 0) is 9.47 Å². The molecular formula is C23H38N2O4. The standard InChI is InChI=1S/C23H38N2O4/c1-18(2)10-11-25(23(27)20-8-6-5-7-9-20)16-22-15-24(12-13-28-22)14-21(26)17-29-19(3)4/h5-9,18-19,21-22,26H,10-17H2,1-4H3/t21-,22-/m0/s1. The minimum atomic E-state index is -0.515. The van der Waals surface area contributed by atoms with Crippen LogP contribution in [0.4, 0.5) is 0 Å². The summed E-state index contributed by atoms with van der Waals surface area (Å²) in [6.07, 6.45) is 0.502. The Kier molecular flexibility index (Phi) is 10.1.